The Bertz CT molecular complexity index is 680. The predicted octanol–water partition coefficient (Wildman–Crippen LogP) is 2.69. The van der Waals surface area contributed by atoms with Crippen LogP contribution >= 0.6 is 11.8 Å². The zero-order valence-corrected chi connectivity index (χ0v) is 16.1. The summed E-state index contributed by atoms with van der Waals surface area (Å²) in [6.45, 7) is 4.95. The van der Waals surface area contributed by atoms with E-state index in [1.807, 2.05) is 4.90 Å². The van der Waals surface area contributed by atoms with Crippen LogP contribution in [0.15, 0.2) is 29.3 Å². The molecule has 7 heteroatoms. The molecular weight excluding hydrogens is 350 g/mol. The number of carbonyl (C=O) groups is 2. The number of likely N-dealkylation sites (tertiary alicyclic amines) is 1. The third kappa shape index (κ3) is 4.58. The fourth-order valence-electron chi connectivity index (χ4n) is 3.42. The molecule has 2 aliphatic heterocycles. The number of ether oxygens (including phenoxy) is 1. The highest BCUT2D eigenvalue weighted by molar-refractivity contribution is 8.14. The Kier molecular flexibility index (Phi) is 6.19. The molecule has 0 bridgehead atoms. The molecule has 0 aromatic heterocycles. The van der Waals surface area contributed by atoms with Crippen LogP contribution in [0.1, 0.15) is 43.5 Å². The van der Waals surface area contributed by atoms with Crippen molar-refractivity contribution in [1.29, 1.82) is 0 Å². The summed E-state index contributed by atoms with van der Waals surface area (Å²) < 4.78 is 5.64. The average molecular weight is 375 g/mol. The number of nitrogens with one attached hydrogen (secondary N) is 1. The van der Waals surface area contributed by atoms with Gasteiger partial charge < -0.3 is 15.0 Å². The number of carbonyl (C=O) groups excluding carboxylic acids is 2. The summed E-state index contributed by atoms with van der Waals surface area (Å²) >= 11 is 1.54. The largest absolute Gasteiger partial charge is 0.484 e. The number of aliphatic imine (C=N–C) groups is 1. The second-order valence-corrected chi connectivity index (χ2v) is 7.82. The zero-order valence-electron chi connectivity index (χ0n) is 15.2. The van der Waals surface area contributed by atoms with Gasteiger partial charge in [0.2, 0.25) is 0 Å². The van der Waals surface area contributed by atoms with E-state index in [-0.39, 0.29) is 30.5 Å². The first-order valence-corrected chi connectivity index (χ1v) is 10.1. The Labute approximate surface area is 158 Å². The van der Waals surface area contributed by atoms with Crippen LogP contribution in [0.3, 0.4) is 0 Å². The highest BCUT2D eigenvalue weighted by Gasteiger charge is 2.28. The molecule has 2 amide bonds. The van der Waals surface area contributed by atoms with E-state index in [1.165, 1.54) is 6.42 Å². The first kappa shape index (κ1) is 18.8. The van der Waals surface area contributed by atoms with Gasteiger partial charge in [0.25, 0.3) is 11.8 Å². The molecule has 3 rings (SSSR count). The first-order chi connectivity index (χ1) is 12.5. The molecule has 26 heavy (non-hydrogen) atoms. The molecule has 1 aromatic carbocycles. The van der Waals surface area contributed by atoms with E-state index < -0.39 is 0 Å². The van der Waals surface area contributed by atoms with E-state index in [0.29, 0.717) is 16.5 Å². The lowest BCUT2D eigenvalue weighted by molar-refractivity contribution is -0.139. The maximum atomic E-state index is 12.5. The molecular formula is C19H25N3O3S. The Morgan fingerprint density at radius 1 is 1.23 bits per heavy atom. The van der Waals surface area contributed by atoms with Gasteiger partial charge in [0.05, 0.1) is 6.54 Å². The average Bonchev–Trinajstić information content (AvgIpc) is 3.13. The SMILES string of the molecule is C[C@@H]1CCC[C@@H](C)N1C(=O)COc1ccc(C(=O)NC2=NCCS2)cc1. The van der Waals surface area contributed by atoms with Crippen LogP contribution in [0.5, 0.6) is 5.75 Å². The molecule has 1 saturated heterocycles. The third-order valence-electron chi connectivity index (χ3n) is 4.77. The summed E-state index contributed by atoms with van der Waals surface area (Å²) in [6.07, 6.45) is 3.26. The Hall–Kier alpha value is -2.02. The normalized spacial score (nSPS) is 22.7. The van der Waals surface area contributed by atoms with Crippen molar-refractivity contribution in [3.05, 3.63) is 29.8 Å². The summed E-state index contributed by atoms with van der Waals surface area (Å²) in [5.74, 6) is 1.32. The zero-order chi connectivity index (χ0) is 18.5. The fraction of sp³-hybridized carbons (Fsp3) is 0.526. The molecule has 1 aromatic rings. The monoisotopic (exact) mass is 375 g/mol. The molecule has 0 saturated carbocycles. The summed E-state index contributed by atoms with van der Waals surface area (Å²) in [4.78, 5) is 30.8. The number of piperidine rings is 1. The smallest absolute Gasteiger partial charge is 0.260 e. The van der Waals surface area contributed by atoms with Gasteiger partial charge in [-0.2, -0.15) is 0 Å². The van der Waals surface area contributed by atoms with E-state index in [4.69, 9.17) is 4.74 Å². The van der Waals surface area contributed by atoms with E-state index >= 15 is 0 Å². The van der Waals surface area contributed by atoms with Crippen molar-refractivity contribution in [2.24, 2.45) is 4.99 Å². The molecule has 0 aliphatic carbocycles. The van der Waals surface area contributed by atoms with Gasteiger partial charge in [0.1, 0.15) is 5.75 Å². The van der Waals surface area contributed by atoms with E-state index in [1.54, 1.807) is 36.0 Å². The van der Waals surface area contributed by atoms with Gasteiger partial charge in [0.15, 0.2) is 11.8 Å². The minimum absolute atomic E-state index is 0.0165. The van der Waals surface area contributed by atoms with Crippen LogP contribution < -0.4 is 10.1 Å². The van der Waals surface area contributed by atoms with Crippen molar-refractivity contribution in [3.63, 3.8) is 0 Å². The summed E-state index contributed by atoms with van der Waals surface area (Å²) in [5, 5.41) is 3.46. The second-order valence-electron chi connectivity index (χ2n) is 6.73. The number of hydrogen-bond donors (Lipinski definition) is 1. The van der Waals surface area contributed by atoms with Gasteiger partial charge in [-0.05, 0) is 57.4 Å². The Balaban J connectivity index is 1.52. The van der Waals surface area contributed by atoms with Gasteiger partial charge in [0, 0.05) is 23.4 Å². The predicted molar refractivity (Wildman–Crippen MR) is 104 cm³/mol. The van der Waals surface area contributed by atoms with Gasteiger partial charge in [-0.3, -0.25) is 14.6 Å². The molecule has 140 valence electrons. The highest BCUT2D eigenvalue weighted by atomic mass is 32.2. The lowest BCUT2D eigenvalue weighted by Gasteiger charge is -2.38. The van der Waals surface area contributed by atoms with Crippen LogP contribution in [0, 0.1) is 0 Å². The van der Waals surface area contributed by atoms with Crippen molar-refractivity contribution in [2.45, 2.75) is 45.2 Å². The minimum atomic E-state index is -0.184. The fourth-order valence-corrected chi connectivity index (χ4v) is 4.14. The topological polar surface area (TPSA) is 71.0 Å². The van der Waals surface area contributed by atoms with Crippen molar-refractivity contribution >= 4 is 28.7 Å². The summed E-state index contributed by atoms with van der Waals surface area (Å²) in [5.41, 5.74) is 0.539. The second kappa shape index (κ2) is 8.58. The lowest BCUT2D eigenvalue weighted by atomic mass is 9.97. The van der Waals surface area contributed by atoms with Crippen LogP contribution in [-0.4, -0.2) is 52.9 Å². The first-order valence-electron chi connectivity index (χ1n) is 9.07. The third-order valence-corrected chi connectivity index (χ3v) is 5.66. The quantitative estimate of drug-likeness (QED) is 0.878. The summed E-state index contributed by atoms with van der Waals surface area (Å²) in [6, 6.07) is 7.35. The number of amidine groups is 1. The van der Waals surface area contributed by atoms with Crippen molar-refractivity contribution in [1.82, 2.24) is 10.2 Å². The molecule has 1 fully saturated rings. The molecule has 2 heterocycles. The van der Waals surface area contributed by atoms with Crippen molar-refractivity contribution in [2.75, 3.05) is 18.9 Å². The number of benzene rings is 1. The molecule has 0 spiro atoms. The minimum Gasteiger partial charge on any atom is -0.484 e. The van der Waals surface area contributed by atoms with Gasteiger partial charge >= 0.3 is 0 Å². The van der Waals surface area contributed by atoms with E-state index in [0.717, 1.165) is 25.1 Å². The van der Waals surface area contributed by atoms with E-state index in [9.17, 15) is 9.59 Å². The van der Waals surface area contributed by atoms with Crippen LogP contribution in [0.25, 0.3) is 0 Å². The van der Waals surface area contributed by atoms with Crippen molar-refractivity contribution in [3.8, 4) is 5.75 Å². The number of nitrogens with zero attached hydrogens (tertiary/aromatic N) is 2. The van der Waals surface area contributed by atoms with Crippen LogP contribution in [-0.2, 0) is 4.79 Å². The maximum absolute atomic E-state index is 12.5. The summed E-state index contributed by atoms with van der Waals surface area (Å²) in [7, 11) is 0. The molecule has 0 unspecified atom stereocenters. The maximum Gasteiger partial charge on any atom is 0.260 e. The molecule has 6 nitrogen and oxygen atoms in total. The number of hydrogen-bond acceptors (Lipinski definition) is 5. The number of rotatable bonds is 4. The number of amides is 2. The Morgan fingerprint density at radius 2 is 1.92 bits per heavy atom. The van der Waals surface area contributed by atoms with Gasteiger partial charge in [-0.25, -0.2) is 0 Å². The molecule has 1 N–H and O–H groups in total. The highest BCUT2D eigenvalue weighted by Crippen LogP contribution is 2.23. The number of thioether (sulfide) groups is 1. The lowest BCUT2D eigenvalue weighted by Crippen LogP contribution is -2.49. The van der Waals surface area contributed by atoms with Crippen LogP contribution in [0.2, 0.25) is 0 Å². The standard InChI is InChI=1S/C19H25N3O3S/c1-13-4-3-5-14(2)22(13)17(23)12-25-16-8-6-15(7-9-16)18(24)21-19-20-10-11-26-19/h6-9,13-14H,3-5,10-12H2,1-2H3,(H,20,21,24)/t13-,14-/m1/s1. The van der Waals surface area contributed by atoms with Gasteiger partial charge in [-0.15, -0.1) is 0 Å². The van der Waals surface area contributed by atoms with Gasteiger partial charge in [-0.1, -0.05) is 11.8 Å². The van der Waals surface area contributed by atoms with Crippen molar-refractivity contribution < 1.29 is 14.3 Å². The molecule has 2 atom stereocenters. The van der Waals surface area contributed by atoms with E-state index in [2.05, 4.69) is 24.2 Å². The molecule has 0 radical (unpaired) electrons. The Morgan fingerprint density at radius 3 is 2.54 bits per heavy atom. The molecule has 2 aliphatic rings. The van der Waals surface area contributed by atoms with Crippen LogP contribution in [0.4, 0.5) is 0 Å².